The van der Waals surface area contributed by atoms with E-state index in [1.165, 1.54) is 71.0 Å². The first-order valence-corrected chi connectivity index (χ1v) is 12.1. The predicted octanol–water partition coefficient (Wildman–Crippen LogP) is 6.88. The molecular weight excluding hydrogens is 382 g/mol. The summed E-state index contributed by atoms with van der Waals surface area (Å²) < 4.78 is 33.9. The predicted molar refractivity (Wildman–Crippen MR) is 114 cm³/mol. The van der Waals surface area contributed by atoms with E-state index < -0.39 is 17.6 Å². The topological polar surface area (TPSA) is 26.3 Å². The zero-order chi connectivity index (χ0) is 21.3. The van der Waals surface area contributed by atoms with Crippen molar-refractivity contribution in [3.05, 3.63) is 34.4 Å². The molecule has 0 spiro atoms. The summed E-state index contributed by atoms with van der Waals surface area (Å²) in [4.78, 5) is 11.8. The van der Waals surface area contributed by atoms with Gasteiger partial charge in [-0.3, -0.25) is 0 Å². The van der Waals surface area contributed by atoms with E-state index >= 15 is 0 Å². The fraction of sp³-hybridized carbons (Fsp3) is 0.731. The fourth-order valence-corrected chi connectivity index (χ4v) is 6.73. The Morgan fingerprint density at radius 1 is 1.00 bits per heavy atom. The van der Waals surface area contributed by atoms with Crippen molar-refractivity contribution in [1.29, 1.82) is 0 Å². The van der Waals surface area contributed by atoms with Gasteiger partial charge in [0, 0.05) is 0 Å². The molecule has 0 heterocycles. The maximum absolute atomic E-state index is 14.8. The number of ether oxygens (including phenoxy) is 1. The molecule has 1 aromatic rings. The molecule has 30 heavy (non-hydrogen) atoms. The molecule has 0 bridgehead atoms. The molecule has 5 atom stereocenters. The van der Waals surface area contributed by atoms with Crippen molar-refractivity contribution >= 4 is 5.97 Å². The van der Waals surface area contributed by atoms with Crippen LogP contribution in [-0.4, -0.2) is 13.1 Å². The van der Waals surface area contributed by atoms with Crippen LogP contribution in [0.2, 0.25) is 0 Å². The van der Waals surface area contributed by atoms with Gasteiger partial charge in [0.15, 0.2) is 11.6 Å². The SMILES string of the molecule is CCCCC1CCC2CC(C3CCc4cc(C(=O)OC)c(F)c(F)c4C3)CCC2C1. The van der Waals surface area contributed by atoms with Gasteiger partial charge in [-0.05, 0) is 98.1 Å². The van der Waals surface area contributed by atoms with Gasteiger partial charge in [0.05, 0.1) is 12.7 Å². The fourth-order valence-electron chi connectivity index (χ4n) is 6.73. The molecule has 0 radical (unpaired) electrons. The molecule has 2 saturated carbocycles. The van der Waals surface area contributed by atoms with Gasteiger partial charge in [-0.25, -0.2) is 13.6 Å². The Morgan fingerprint density at radius 2 is 1.70 bits per heavy atom. The molecule has 2 fully saturated rings. The Kier molecular flexibility index (Phi) is 6.79. The third-order valence-electron chi connectivity index (χ3n) is 8.45. The molecule has 166 valence electrons. The number of methoxy groups -OCH3 is 1. The van der Waals surface area contributed by atoms with E-state index in [-0.39, 0.29) is 5.56 Å². The highest BCUT2D eigenvalue weighted by atomic mass is 19.2. The Bertz CT molecular complexity index is 775. The van der Waals surface area contributed by atoms with E-state index in [0.717, 1.165) is 36.2 Å². The Hall–Kier alpha value is -1.45. The minimum atomic E-state index is -1.05. The lowest BCUT2D eigenvalue weighted by molar-refractivity contribution is 0.0593. The highest BCUT2D eigenvalue weighted by Crippen LogP contribution is 2.49. The molecule has 4 rings (SSSR count). The van der Waals surface area contributed by atoms with Crippen LogP contribution in [0.15, 0.2) is 6.07 Å². The number of carbonyl (C=O) groups is 1. The normalized spacial score (nSPS) is 31.0. The number of halogens is 2. The van der Waals surface area contributed by atoms with Crippen LogP contribution >= 0.6 is 0 Å². The molecule has 3 aliphatic rings. The number of fused-ring (bicyclic) bond motifs is 2. The van der Waals surface area contributed by atoms with Crippen molar-refractivity contribution in [2.45, 2.75) is 84.0 Å². The Labute approximate surface area is 179 Å². The molecule has 0 N–H and O–H groups in total. The van der Waals surface area contributed by atoms with Gasteiger partial charge in [0.25, 0.3) is 0 Å². The van der Waals surface area contributed by atoms with Crippen molar-refractivity contribution in [1.82, 2.24) is 0 Å². The molecule has 4 heteroatoms. The van der Waals surface area contributed by atoms with Gasteiger partial charge in [-0.2, -0.15) is 0 Å². The lowest BCUT2D eigenvalue weighted by Gasteiger charge is -2.45. The summed E-state index contributed by atoms with van der Waals surface area (Å²) >= 11 is 0. The summed E-state index contributed by atoms with van der Waals surface area (Å²) in [5.74, 6) is 1.06. The molecule has 5 unspecified atom stereocenters. The van der Waals surface area contributed by atoms with Gasteiger partial charge >= 0.3 is 5.97 Å². The zero-order valence-electron chi connectivity index (χ0n) is 18.5. The van der Waals surface area contributed by atoms with Crippen LogP contribution in [0.25, 0.3) is 0 Å². The van der Waals surface area contributed by atoms with Crippen LogP contribution in [0, 0.1) is 41.2 Å². The van der Waals surface area contributed by atoms with Gasteiger partial charge < -0.3 is 4.74 Å². The van der Waals surface area contributed by atoms with Crippen LogP contribution < -0.4 is 0 Å². The number of hydrogen-bond acceptors (Lipinski definition) is 2. The smallest absolute Gasteiger partial charge is 0.340 e. The minimum absolute atomic E-state index is 0.271. The van der Waals surface area contributed by atoms with E-state index in [1.54, 1.807) is 0 Å². The second-order valence-electron chi connectivity index (χ2n) is 10.1. The third-order valence-corrected chi connectivity index (χ3v) is 8.45. The lowest BCUT2D eigenvalue weighted by atomic mass is 9.60. The standard InChI is InChI=1S/C26H36F2O2/c1-3-4-5-16-6-7-18-13-19(9-8-17(18)12-16)20-10-11-21-15-23(26(29)30-2)25(28)24(27)22(21)14-20/h15-20H,3-14H2,1-2H3. The third kappa shape index (κ3) is 4.29. The second-order valence-corrected chi connectivity index (χ2v) is 10.1. The Morgan fingerprint density at radius 3 is 2.43 bits per heavy atom. The number of esters is 1. The summed E-state index contributed by atoms with van der Waals surface area (Å²) in [5, 5.41) is 0. The lowest BCUT2D eigenvalue weighted by Crippen LogP contribution is -2.35. The number of carbonyl (C=O) groups excluding carboxylic acids is 1. The summed E-state index contributed by atoms with van der Waals surface area (Å²) in [7, 11) is 1.20. The molecule has 0 amide bonds. The molecular formula is C26H36F2O2. The first-order valence-electron chi connectivity index (χ1n) is 12.1. The summed E-state index contributed by atoms with van der Waals surface area (Å²) in [6.07, 6.45) is 14.4. The van der Waals surface area contributed by atoms with E-state index in [1.807, 2.05) is 0 Å². The van der Waals surface area contributed by atoms with Gasteiger partial charge in [0.1, 0.15) is 0 Å². The van der Waals surface area contributed by atoms with Crippen LogP contribution in [0.4, 0.5) is 8.78 Å². The maximum Gasteiger partial charge on any atom is 0.340 e. The molecule has 0 aromatic heterocycles. The van der Waals surface area contributed by atoms with E-state index in [2.05, 4.69) is 11.7 Å². The van der Waals surface area contributed by atoms with Crippen molar-refractivity contribution in [3.63, 3.8) is 0 Å². The molecule has 1 aromatic carbocycles. The highest BCUT2D eigenvalue weighted by Gasteiger charge is 2.39. The van der Waals surface area contributed by atoms with E-state index in [9.17, 15) is 13.6 Å². The number of hydrogen-bond donors (Lipinski definition) is 0. The van der Waals surface area contributed by atoms with Crippen molar-refractivity contribution in [3.8, 4) is 0 Å². The maximum atomic E-state index is 14.8. The summed E-state index contributed by atoms with van der Waals surface area (Å²) in [6, 6.07) is 1.52. The number of unbranched alkanes of at least 4 members (excludes halogenated alkanes) is 1. The average Bonchev–Trinajstić information content (AvgIpc) is 2.78. The first kappa shape index (κ1) is 21.8. The van der Waals surface area contributed by atoms with Crippen LogP contribution in [-0.2, 0) is 17.6 Å². The van der Waals surface area contributed by atoms with Crippen LogP contribution in [0.3, 0.4) is 0 Å². The number of rotatable bonds is 5. The average molecular weight is 419 g/mol. The van der Waals surface area contributed by atoms with Gasteiger partial charge in [-0.1, -0.05) is 32.6 Å². The molecule has 0 saturated heterocycles. The first-order chi connectivity index (χ1) is 14.5. The second kappa shape index (κ2) is 9.36. The van der Waals surface area contributed by atoms with Gasteiger partial charge in [0.2, 0.25) is 0 Å². The van der Waals surface area contributed by atoms with Crippen molar-refractivity contribution < 1.29 is 18.3 Å². The minimum Gasteiger partial charge on any atom is -0.465 e. The van der Waals surface area contributed by atoms with E-state index in [4.69, 9.17) is 0 Å². The quantitative estimate of drug-likeness (QED) is 0.487. The van der Waals surface area contributed by atoms with Gasteiger partial charge in [-0.15, -0.1) is 0 Å². The van der Waals surface area contributed by atoms with Crippen LogP contribution in [0.5, 0.6) is 0 Å². The zero-order valence-corrected chi connectivity index (χ0v) is 18.5. The molecule has 0 aliphatic heterocycles. The van der Waals surface area contributed by atoms with E-state index in [0.29, 0.717) is 23.8 Å². The van der Waals surface area contributed by atoms with Crippen molar-refractivity contribution in [2.75, 3.05) is 7.11 Å². The molecule has 2 nitrogen and oxygen atoms in total. The Balaban J connectivity index is 1.41. The van der Waals surface area contributed by atoms with Crippen LogP contribution in [0.1, 0.15) is 92.6 Å². The number of aryl methyl sites for hydroxylation is 1. The monoisotopic (exact) mass is 418 g/mol. The molecule has 3 aliphatic carbocycles. The largest absolute Gasteiger partial charge is 0.465 e. The highest BCUT2D eigenvalue weighted by molar-refractivity contribution is 5.90. The number of benzene rings is 1. The summed E-state index contributed by atoms with van der Waals surface area (Å²) in [6.45, 7) is 2.28. The summed E-state index contributed by atoms with van der Waals surface area (Å²) in [5.41, 5.74) is 1.02. The van der Waals surface area contributed by atoms with Crippen molar-refractivity contribution in [2.24, 2.45) is 29.6 Å².